The Morgan fingerprint density at radius 3 is 2.83 bits per heavy atom. The zero-order chi connectivity index (χ0) is 13.0. The smallest absolute Gasteiger partial charge is 0.201 e. The average Bonchev–Trinajstić information content (AvgIpc) is 2.76. The second kappa shape index (κ2) is 5.84. The molecule has 1 aromatic carbocycles. The third-order valence-corrected chi connectivity index (χ3v) is 2.61. The normalized spacial score (nSPS) is 13.1. The molecular weight excluding hydrogens is 228 g/mol. The minimum atomic E-state index is -0.00166. The summed E-state index contributed by atoms with van der Waals surface area (Å²) >= 11 is 0. The molecule has 1 atom stereocenters. The molecular formula is C13H20N4O. The molecule has 0 saturated carbocycles. The lowest BCUT2D eigenvalue weighted by Gasteiger charge is -2.18. The van der Waals surface area contributed by atoms with Crippen LogP contribution in [0.1, 0.15) is 13.8 Å². The summed E-state index contributed by atoms with van der Waals surface area (Å²) in [6.07, 6.45) is 0.175. The highest BCUT2D eigenvalue weighted by atomic mass is 16.5. The molecule has 0 spiro atoms. The summed E-state index contributed by atoms with van der Waals surface area (Å²) in [4.78, 5) is 7.64. The number of H-pyrrole nitrogens is 1. The molecule has 5 heteroatoms. The number of nitrogens with zero attached hydrogens (tertiary/aromatic N) is 1. The van der Waals surface area contributed by atoms with Crippen LogP contribution < -0.4 is 11.1 Å². The number of ether oxygens (including phenoxy) is 1. The molecule has 0 fully saturated rings. The van der Waals surface area contributed by atoms with Crippen LogP contribution in [0.4, 0.5) is 5.95 Å². The van der Waals surface area contributed by atoms with E-state index in [0.29, 0.717) is 13.1 Å². The monoisotopic (exact) mass is 248 g/mol. The summed E-state index contributed by atoms with van der Waals surface area (Å²) in [5, 5.41) is 3.22. The molecule has 0 bridgehead atoms. The number of aromatic nitrogens is 2. The number of aromatic amines is 1. The first-order valence-corrected chi connectivity index (χ1v) is 6.23. The maximum absolute atomic E-state index is 5.67. The second-order valence-electron chi connectivity index (χ2n) is 4.53. The number of anilines is 1. The van der Waals surface area contributed by atoms with E-state index < -0.39 is 0 Å². The maximum Gasteiger partial charge on any atom is 0.201 e. The Labute approximate surface area is 107 Å². The quantitative estimate of drug-likeness (QED) is 0.727. The lowest BCUT2D eigenvalue weighted by atomic mass is 10.3. The Morgan fingerprint density at radius 1 is 1.39 bits per heavy atom. The van der Waals surface area contributed by atoms with Crippen LogP contribution in [0, 0.1) is 0 Å². The van der Waals surface area contributed by atoms with Crippen molar-refractivity contribution in [3.63, 3.8) is 0 Å². The fraction of sp³-hybridized carbons (Fsp3) is 0.462. The number of fused-ring (bicyclic) bond motifs is 1. The number of hydrogen-bond acceptors (Lipinski definition) is 4. The van der Waals surface area contributed by atoms with E-state index in [9.17, 15) is 0 Å². The predicted molar refractivity (Wildman–Crippen MR) is 73.6 cm³/mol. The van der Waals surface area contributed by atoms with Gasteiger partial charge in [-0.05, 0) is 26.0 Å². The average molecular weight is 248 g/mol. The van der Waals surface area contributed by atoms with Crippen molar-refractivity contribution in [2.24, 2.45) is 5.73 Å². The summed E-state index contributed by atoms with van der Waals surface area (Å²) in [6, 6.07) is 7.92. The summed E-state index contributed by atoms with van der Waals surface area (Å²) in [5.41, 5.74) is 7.64. The Kier molecular flexibility index (Phi) is 4.17. The van der Waals surface area contributed by atoms with Gasteiger partial charge in [0.2, 0.25) is 5.95 Å². The molecule has 5 nitrogen and oxygen atoms in total. The number of rotatable bonds is 6. The number of hydrogen-bond donors (Lipinski definition) is 3. The van der Waals surface area contributed by atoms with Crippen molar-refractivity contribution in [3.8, 4) is 0 Å². The van der Waals surface area contributed by atoms with Gasteiger partial charge in [0.1, 0.15) is 0 Å². The molecule has 0 aliphatic heterocycles. The summed E-state index contributed by atoms with van der Waals surface area (Å²) in [5.74, 6) is 0.752. The largest absolute Gasteiger partial charge is 0.372 e. The second-order valence-corrected chi connectivity index (χ2v) is 4.53. The van der Waals surface area contributed by atoms with Crippen LogP contribution in [-0.4, -0.2) is 35.3 Å². The van der Waals surface area contributed by atoms with Crippen LogP contribution in [-0.2, 0) is 4.74 Å². The van der Waals surface area contributed by atoms with Crippen LogP contribution in [0.15, 0.2) is 24.3 Å². The van der Waals surface area contributed by atoms with E-state index in [1.165, 1.54) is 0 Å². The van der Waals surface area contributed by atoms with Gasteiger partial charge in [-0.1, -0.05) is 12.1 Å². The molecule has 2 aromatic rings. The summed E-state index contributed by atoms with van der Waals surface area (Å²) in [6.45, 7) is 5.15. The van der Waals surface area contributed by atoms with Gasteiger partial charge in [-0.25, -0.2) is 4.98 Å². The van der Waals surface area contributed by atoms with E-state index >= 15 is 0 Å². The molecule has 0 radical (unpaired) electrons. The fourth-order valence-electron chi connectivity index (χ4n) is 1.82. The van der Waals surface area contributed by atoms with Crippen molar-refractivity contribution in [1.82, 2.24) is 9.97 Å². The molecule has 0 aliphatic carbocycles. The number of nitrogens with one attached hydrogen (secondary N) is 2. The molecule has 0 amide bonds. The first-order valence-electron chi connectivity index (χ1n) is 6.23. The van der Waals surface area contributed by atoms with Crippen LogP contribution in [0.5, 0.6) is 0 Å². The molecule has 1 aromatic heterocycles. The van der Waals surface area contributed by atoms with Crippen LogP contribution in [0.3, 0.4) is 0 Å². The van der Waals surface area contributed by atoms with Crippen molar-refractivity contribution in [2.45, 2.75) is 26.1 Å². The SMILES string of the molecule is CC(C)O[C@@H](CN)CNc1nc2ccccc2[nH]1. The third-order valence-electron chi connectivity index (χ3n) is 2.61. The van der Waals surface area contributed by atoms with Gasteiger partial charge in [0, 0.05) is 13.1 Å². The van der Waals surface area contributed by atoms with Gasteiger partial charge in [-0.3, -0.25) is 0 Å². The zero-order valence-electron chi connectivity index (χ0n) is 10.8. The maximum atomic E-state index is 5.67. The van der Waals surface area contributed by atoms with Gasteiger partial charge in [-0.15, -0.1) is 0 Å². The molecule has 2 rings (SSSR count). The minimum absolute atomic E-state index is 0.00166. The third kappa shape index (κ3) is 3.21. The van der Waals surface area contributed by atoms with Gasteiger partial charge >= 0.3 is 0 Å². The molecule has 18 heavy (non-hydrogen) atoms. The van der Waals surface area contributed by atoms with Gasteiger partial charge in [0.15, 0.2) is 0 Å². The number of benzene rings is 1. The van der Waals surface area contributed by atoms with Gasteiger partial charge in [0.05, 0.1) is 23.2 Å². The van der Waals surface area contributed by atoms with Crippen LogP contribution in [0.25, 0.3) is 11.0 Å². The first kappa shape index (κ1) is 12.9. The van der Waals surface area contributed by atoms with Crippen molar-refractivity contribution >= 4 is 17.0 Å². The molecule has 0 aliphatic rings. The van der Waals surface area contributed by atoms with E-state index in [1.54, 1.807) is 0 Å². The highest BCUT2D eigenvalue weighted by Gasteiger charge is 2.10. The van der Waals surface area contributed by atoms with Crippen LogP contribution >= 0.6 is 0 Å². The minimum Gasteiger partial charge on any atom is -0.372 e. The van der Waals surface area contributed by atoms with E-state index in [-0.39, 0.29) is 12.2 Å². The first-order chi connectivity index (χ1) is 8.69. The standard InChI is InChI=1S/C13H20N4O/c1-9(2)18-10(7-14)8-15-13-16-11-5-3-4-6-12(11)17-13/h3-6,9-10H,7-8,14H2,1-2H3,(H2,15,16,17)/t10-/m0/s1. The molecule has 0 unspecified atom stereocenters. The van der Waals surface area contributed by atoms with E-state index in [4.69, 9.17) is 10.5 Å². The number of nitrogens with two attached hydrogens (primary N) is 1. The topological polar surface area (TPSA) is 76.0 Å². The van der Waals surface area contributed by atoms with Crippen molar-refractivity contribution in [2.75, 3.05) is 18.4 Å². The summed E-state index contributed by atoms with van der Waals surface area (Å²) < 4.78 is 5.67. The number of imidazole rings is 1. The highest BCUT2D eigenvalue weighted by molar-refractivity contribution is 5.77. The predicted octanol–water partition coefficient (Wildman–Crippen LogP) is 1.73. The Hall–Kier alpha value is -1.59. The Morgan fingerprint density at radius 2 is 2.17 bits per heavy atom. The van der Waals surface area contributed by atoms with Crippen molar-refractivity contribution in [1.29, 1.82) is 0 Å². The molecule has 4 N–H and O–H groups in total. The van der Waals surface area contributed by atoms with Gasteiger partial charge in [-0.2, -0.15) is 0 Å². The van der Waals surface area contributed by atoms with Gasteiger partial charge < -0.3 is 20.8 Å². The van der Waals surface area contributed by atoms with E-state index in [2.05, 4.69) is 15.3 Å². The van der Waals surface area contributed by atoms with E-state index in [0.717, 1.165) is 17.0 Å². The Bertz CT molecular complexity index is 461. The summed E-state index contributed by atoms with van der Waals surface area (Å²) in [7, 11) is 0. The van der Waals surface area contributed by atoms with E-state index in [1.807, 2.05) is 38.1 Å². The molecule has 98 valence electrons. The zero-order valence-corrected chi connectivity index (χ0v) is 10.8. The van der Waals surface area contributed by atoms with Crippen molar-refractivity contribution < 1.29 is 4.74 Å². The lowest BCUT2D eigenvalue weighted by molar-refractivity contribution is 0.0208. The highest BCUT2D eigenvalue weighted by Crippen LogP contribution is 2.13. The molecule has 1 heterocycles. The lowest BCUT2D eigenvalue weighted by Crippen LogP contribution is -2.33. The number of para-hydroxylation sites is 2. The van der Waals surface area contributed by atoms with Crippen LogP contribution in [0.2, 0.25) is 0 Å². The fourth-order valence-corrected chi connectivity index (χ4v) is 1.82. The van der Waals surface area contributed by atoms with Gasteiger partial charge in [0.25, 0.3) is 0 Å². The van der Waals surface area contributed by atoms with Crippen molar-refractivity contribution in [3.05, 3.63) is 24.3 Å². The Balaban J connectivity index is 1.96. The molecule has 0 saturated heterocycles.